The average molecular weight is 374 g/mol. The highest BCUT2D eigenvalue weighted by Gasteiger charge is 2.23. The number of hydrogen-bond acceptors (Lipinski definition) is 5. The molecule has 9 heteroatoms. The van der Waals surface area contributed by atoms with Gasteiger partial charge in [0, 0.05) is 21.6 Å². The van der Waals surface area contributed by atoms with E-state index in [9.17, 15) is 4.79 Å². The number of rotatable bonds is 2. The lowest BCUT2D eigenvalue weighted by molar-refractivity contribution is -0.184. The Labute approximate surface area is 123 Å². The van der Waals surface area contributed by atoms with Crippen molar-refractivity contribution in [3.8, 4) is 0 Å². The summed E-state index contributed by atoms with van der Waals surface area (Å²) < 4.78 is 36.1. The Kier molecular flexibility index (Phi) is 6.21. The fourth-order valence-corrected chi connectivity index (χ4v) is 1.51. The van der Waals surface area contributed by atoms with E-state index in [1.54, 1.807) is 18.2 Å². The van der Waals surface area contributed by atoms with Crippen LogP contribution >= 0.6 is 26.6 Å². The number of carbonyl (C=O) groups is 1. The van der Waals surface area contributed by atoms with E-state index >= 15 is 0 Å². The molecule has 0 bridgehead atoms. The van der Waals surface area contributed by atoms with Crippen LogP contribution in [0, 0.1) is 0 Å². The molecule has 1 aliphatic rings. The van der Waals surface area contributed by atoms with Gasteiger partial charge in [-0.1, -0.05) is 22.0 Å². The zero-order chi connectivity index (χ0) is 14.5. The Hall–Kier alpha value is -0.670. The second-order valence-electron chi connectivity index (χ2n) is 3.42. The van der Waals surface area contributed by atoms with Gasteiger partial charge in [0.1, 0.15) is 0 Å². The number of esters is 1. The van der Waals surface area contributed by atoms with E-state index in [1.165, 1.54) is 0 Å². The van der Waals surface area contributed by atoms with Gasteiger partial charge in [-0.15, -0.1) is 0 Å². The molecule has 0 aliphatic carbocycles. The molecule has 0 spiro atoms. The summed E-state index contributed by atoms with van der Waals surface area (Å²) in [4.78, 5) is 11.5. The predicted molar refractivity (Wildman–Crippen MR) is 71.3 cm³/mol. The third-order valence-electron chi connectivity index (χ3n) is 1.96. The molecular formula is C10H10BrClO6S. The van der Waals surface area contributed by atoms with E-state index < -0.39 is 9.33 Å². The predicted octanol–water partition coefficient (Wildman–Crippen LogP) is 2.38. The Morgan fingerprint density at radius 2 is 2.11 bits per heavy atom. The van der Waals surface area contributed by atoms with Crippen molar-refractivity contribution in [3.63, 3.8) is 0 Å². The van der Waals surface area contributed by atoms with Crippen LogP contribution in [0.2, 0.25) is 0 Å². The third kappa shape index (κ3) is 7.48. The first-order valence-electron chi connectivity index (χ1n) is 5.01. The van der Waals surface area contributed by atoms with Gasteiger partial charge in [0.05, 0.1) is 12.2 Å². The van der Waals surface area contributed by atoms with Crippen molar-refractivity contribution in [3.05, 3.63) is 34.3 Å². The summed E-state index contributed by atoms with van der Waals surface area (Å²) in [6, 6.07) is 7.09. The number of halogens is 2. The van der Waals surface area contributed by atoms with Crippen molar-refractivity contribution in [2.24, 2.45) is 0 Å². The summed E-state index contributed by atoms with van der Waals surface area (Å²) in [7, 11) is -0.137. The molecule has 106 valence electrons. The van der Waals surface area contributed by atoms with E-state index in [2.05, 4.69) is 26.6 Å². The quantitative estimate of drug-likeness (QED) is 0.486. The molecule has 0 saturated carbocycles. The van der Waals surface area contributed by atoms with Gasteiger partial charge in [0.25, 0.3) is 0 Å². The van der Waals surface area contributed by atoms with Crippen LogP contribution in [0.25, 0.3) is 0 Å². The lowest BCUT2D eigenvalue weighted by Gasteiger charge is -2.25. The summed E-state index contributed by atoms with van der Waals surface area (Å²) in [5, 5.41) is 0. The second-order valence-corrected chi connectivity index (χ2v) is 6.33. The summed E-state index contributed by atoms with van der Waals surface area (Å²) in [5.74, 6) is -0.337. The molecule has 1 aromatic carbocycles. The summed E-state index contributed by atoms with van der Waals surface area (Å²) >= 11 is 3.29. The first kappa shape index (κ1) is 16.4. The Morgan fingerprint density at radius 3 is 2.53 bits per heavy atom. The fraction of sp³-hybridized carbons (Fsp3) is 0.300. The highest BCUT2D eigenvalue weighted by molar-refractivity contribution is 9.10. The molecule has 0 amide bonds. The molecule has 1 N–H and O–H groups in total. The van der Waals surface area contributed by atoms with Crippen LogP contribution in [0.4, 0.5) is 0 Å². The van der Waals surface area contributed by atoms with Crippen molar-refractivity contribution < 1.29 is 27.2 Å². The maximum atomic E-state index is 11.5. The van der Waals surface area contributed by atoms with Crippen LogP contribution < -0.4 is 0 Å². The van der Waals surface area contributed by atoms with Crippen LogP contribution in [0.15, 0.2) is 28.7 Å². The lowest BCUT2D eigenvalue weighted by atomic mass is 10.2. The first-order valence-corrected chi connectivity index (χ1v) is 8.07. The Morgan fingerprint density at radius 1 is 1.53 bits per heavy atom. The van der Waals surface area contributed by atoms with Gasteiger partial charge in [-0.05, 0) is 18.2 Å². The molecule has 19 heavy (non-hydrogen) atoms. The molecule has 1 aromatic rings. The van der Waals surface area contributed by atoms with Gasteiger partial charge < -0.3 is 9.47 Å². The van der Waals surface area contributed by atoms with E-state index in [0.29, 0.717) is 12.2 Å². The minimum absolute atomic E-state index is 0.337. The van der Waals surface area contributed by atoms with Crippen LogP contribution in [0.3, 0.4) is 0 Å². The van der Waals surface area contributed by atoms with Gasteiger partial charge in [0.15, 0.2) is 0 Å². The summed E-state index contributed by atoms with van der Waals surface area (Å²) in [6.45, 7) is 0.677. The van der Waals surface area contributed by atoms with Crippen molar-refractivity contribution in [1.29, 1.82) is 0 Å². The zero-order valence-electron chi connectivity index (χ0n) is 9.45. The minimum atomic E-state index is -4.19. The van der Waals surface area contributed by atoms with E-state index in [-0.39, 0.29) is 12.3 Å². The van der Waals surface area contributed by atoms with Gasteiger partial charge in [-0.25, -0.2) is 4.79 Å². The van der Waals surface area contributed by atoms with Crippen molar-refractivity contribution >= 4 is 41.9 Å². The monoisotopic (exact) mass is 372 g/mol. The average Bonchev–Trinajstić information content (AvgIpc) is 2.21. The van der Waals surface area contributed by atoms with Crippen LogP contribution in [-0.4, -0.2) is 31.8 Å². The van der Waals surface area contributed by atoms with Gasteiger partial charge in [-0.3, -0.25) is 4.55 Å². The van der Waals surface area contributed by atoms with E-state index in [0.717, 1.165) is 10.9 Å². The fourth-order valence-electron chi connectivity index (χ4n) is 1.11. The molecule has 2 rings (SSSR count). The summed E-state index contributed by atoms with van der Waals surface area (Å²) in [5.41, 5.74) is 0.537. The number of ether oxygens (including phenoxy) is 2. The molecule has 0 radical (unpaired) electrons. The zero-order valence-corrected chi connectivity index (χ0v) is 12.6. The molecule has 1 unspecified atom stereocenters. The highest BCUT2D eigenvalue weighted by atomic mass is 79.9. The molecule has 1 fully saturated rings. The largest absolute Gasteiger partial charge is 0.432 e. The topological polar surface area (TPSA) is 89.9 Å². The number of benzene rings is 1. The maximum absolute atomic E-state index is 11.5. The van der Waals surface area contributed by atoms with Crippen molar-refractivity contribution in [2.75, 3.05) is 6.61 Å². The molecule has 1 atom stereocenters. The van der Waals surface area contributed by atoms with Crippen LogP contribution in [-0.2, 0) is 18.8 Å². The lowest BCUT2D eigenvalue weighted by Crippen LogP contribution is -2.31. The number of carbonyl (C=O) groups excluding carboxylic acids is 1. The van der Waals surface area contributed by atoms with E-state index in [4.69, 9.17) is 22.4 Å². The number of hydrogen-bond donors (Lipinski definition) is 1. The van der Waals surface area contributed by atoms with Gasteiger partial charge in [0.2, 0.25) is 6.29 Å². The smallest absolute Gasteiger partial charge is 0.353 e. The summed E-state index contributed by atoms with van der Waals surface area (Å²) in [6.07, 6.45) is 0.446. The Bertz CT molecular complexity index is 535. The SMILES string of the molecule is O=C(OC1CCO1)c1cccc(Br)c1.O=S(=O)(O)Cl. The Balaban J connectivity index is 0.000000312. The van der Waals surface area contributed by atoms with Gasteiger partial charge in [-0.2, -0.15) is 8.42 Å². The maximum Gasteiger partial charge on any atom is 0.353 e. The van der Waals surface area contributed by atoms with Crippen molar-refractivity contribution in [2.45, 2.75) is 12.7 Å². The highest BCUT2D eigenvalue weighted by Crippen LogP contribution is 2.17. The molecule has 1 saturated heterocycles. The molecule has 1 heterocycles. The minimum Gasteiger partial charge on any atom is -0.432 e. The molecule has 0 aromatic heterocycles. The molecule has 6 nitrogen and oxygen atoms in total. The third-order valence-corrected chi connectivity index (χ3v) is 2.45. The van der Waals surface area contributed by atoms with E-state index in [1.807, 2.05) is 6.07 Å². The first-order chi connectivity index (χ1) is 8.75. The standard InChI is InChI=1S/C10H9BrO3.ClHO3S/c11-8-3-1-2-7(6-8)10(12)14-9-4-5-13-9;1-5(2,3)4/h1-3,6,9H,4-5H2;(H,2,3,4). The van der Waals surface area contributed by atoms with Crippen molar-refractivity contribution in [1.82, 2.24) is 0 Å². The van der Waals surface area contributed by atoms with Crippen LogP contribution in [0.5, 0.6) is 0 Å². The second kappa shape index (κ2) is 7.20. The van der Waals surface area contributed by atoms with Gasteiger partial charge >= 0.3 is 15.3 Å². The van der Waals surface area contributed by atoms with Crippen LogP contribution in [0.1, 0.15) is 16.8 Å². The normalized spacial score (nSPS) is 17.7. The molecule has 1 aliphatic heterocycles. The molecular weight excluding hydrogens is 364 g/mol.